The lowest BCUT2D eigenvalue weighted by molar-refractivity contribution is -0.277. The van der Waals surface area contributed by atoms with Gasteiger partial charge in [0, 0.05) is 22.7 Å². The minimum Gasteiger partial charge on any atom is -0.398 e. The molecule has 1 aromatic rings. The standard InChI is InChI=1S/C13H18ClNO2/c1-3-13(16-7-4-8-17-13)10-5-6-11(14)9(2)12(10)15/h5-6H,3-4,7-8,15H2,1-2H3. The maximum Gasteiger partial charge on any atom is 0.196 e. The fourth-order valence-electron chi connectivity index (χ4n) is 2.16. The lowest BCUT2D eigenvalue weighted by Crippen LogP contribution is -2.38. The van der Waals surface area contributed by atoms with Crippen LogP contribution in [0.4, 0.5) is 5.69 Å². The minimum absolute atomic E-state index is 0.668. The van der Waals surface area contributed by atoms with Crippen LogP contribution in [0.2, 0.25) is 5.02 Å². The Hall–Kier alpha value is -0.770. The normalized spacial score (nSPS) is 19.2. The van der Waals surface area contributed by atoms with Crippen LogP contribution in [-0.2, 0) is 15.3 Å². The number of hydrogen-bond acceptors (Lipinski definition) is 3. The molecule has 1 heterocycles. The summed E-state index contributed by atoms with van der Waals surface area (Å²) >= 11 is 6.05. The molecule has 0 aromatic heterocycles. The van der Waals surface area contributed by atoms with Crippen molar-refractivity contribution in [1.29, 1.82) is 0 Å². The summed E-state index contributed by atoms with van der Waals surface area (Å²) in [6.45, 7) is 5.35. The molecule has 2 rings (SSSR count). The molecular formula is C13H18ClNO2. The van der Waals surface area contributed by atoms with E-state index in [1.807, 2.05) is 26.0 Å². The molecule has 0 atom stereocenters. The van der Waals surface area contributed by atoms with Crippen molar-refractivity contribution >= 4 is 17.3 Å². The lowest BCUT2D eigenvalue weighted by atomic mass is 9.97. The third-order valence-electron chi connectivity index (χ3n) is 3.28. The zero-order chi connectivity index (χ0) is 12.5. The fourth-order valence-corrected chi connectivity index (χ4v) is 2.32. The molecular weight excluding hydrogens is 238 g/mol. The van der Waals surface area contributed by atoms with E-state index in [4.69, 9.17) is 26.8 Å². The van der Waals surface area contributed by atoms with Crippen molar-refractivity contribution in [2.24, 2.45) is 0 Å². The monoisotopic (exact) mass is 255 g/mol. The van der Waals surface area contributed by atoms with Crippen LogP contribution in [0.3, 0.4) is 0 Å². The van der Waals surface area contributed by atoms with E-state index >= 15 is 0 Å². The number of nitrogens with two attached hydrogens (primary N) is 1. The summed E-state index contributed by atoms with van der Waals surface area (Å²) < 4.78 is 11.7. The second-order valence-corrected chi connectivity index (χ2v) is 4.70. The van der Waals surface area contributed by atoms with Gasteiger partial charge in [0.05, 0.1) is 13.2 Å². The highest BCUT2D eigenvalue weighted by Gasteiger charge is 2.37. The van der Waals surface area contributed by atoms with Crippen molar-refractivity contribution in [1.82, 2.24) is 0 Å². The van der Waals surface area contributed by atoms with Crippen LogP contribution in [0.1, 0.15) is 30.9 Å². The van der Waals surface area contributed by atoms with E-state index in [0.717, 1.165) is 24.0 Å². The molecule has 0 radical (unpaired) electrons. The average molecular weight is 256 g/mol. The molecule has 0 bridgehead atoms. The Bertz CT molecular complexity index is 414. The van der Waals surface area contributed by atoms with Crippen molar-refractivity contribution < 1.29 is 9.47 Å². The van der Waals surface area contributed by atoms with Gasteiger partial charge in [-0.05, 0) is 25.0 Å². The van der Waals surface area contributed by atoms with E-state index in [1.54, 1.807) is 0 Å². The average Bonchev–Trinajstić information content (AvgIpc) is 2.37. The zero-order valence-corrected chi connectivity index (χ0v) is 11.0. The second kappa shape index (κ2) is 4.84. The Morgan fingerprint density at radius 1 is 1.35 bits per heavy atom. The Morgan fingerprint density at radius 3 is 2.59 bits per heavy atom. The van der Waals surface area contributed by atoms with Crippen LogP contribution < -0.4 is 5.73 Å². The van der Waals surface area contributed by atoms with Gasteiger partial charge in [-0.2, -0.15) is 0 Å². The highest BCUT2D eigenvalue weighted by atomic mass is 35.5. The number of rotatable bonds is 2. The van der Waals surface area contributed by atoms with E-state index in [1.165, 1.54) is 0 Å². The summed E-state index contributed by atoms with van der Waals surface area (Å²) in [5.74, 6) is -0.697. The first-order valence-corrected chi connectivity index (χ1v) is 6.31. The molecule has 0 unspecified atom stereocenters. The first-order chi connectivity index (χ1) is 8.10. The topological polar surface area (TPSA) is 44.5 Å². The largest absolute Gasteiger partial charge is 0.398 e. The Morgan fingerprint density at radius 2 is 2.00 bits per heavy atom. The lowest BCUT2D eigenvalue weighted by Gasteiger charge is -2.37. The summed E-state index contributed by atoms with van der Waals surface area (Å²) in [6, 6.07) is 3.75. The van der Waals surface area contributed by atoms with Crippen molar-refractivity contribution in [3.63, 3.8) is 0 Å². The number of nitrogen functional groups attached to an aromatic ring is 1. The number of anilines is 1. The Balaban J connectivity index is 2.47. The van der Waals surface area contributed by atoms with Crippen LogP contribution in [0.25, 0.3) is 0 Å². The van der Waals surface area contributed by atoms with E-state index in [-0.39, 0.29) is 0 Å². The number of halogens is 1. The van der Waals surface area contributed by atoms with Crippen LogP contribution in [0.5, 0.6) is 0 Å². The third kappa shape index (κ3) is 2.15. The summed E-state index contributed by atoms with van der Waals surface area (Å²) in [5.41, 5.74) is 8.57. The summed E-state index contributed by atoms with van der Waals surface area (Å²) in [4.78, 5) is 0. The van der Waals surface area contributed by atoms with Crippen molar-refractivity contribution in [3.8, 4) is 0 Å². The molecule has 0 spiro atoms. The summed E-state index contributed by atoms with van der Waals surface area (Å²) in [5, 5.41) is 0.674. The SMILES string of the molecule is CCC1(c2ccc(Cl)c(C)c2N)OCCCO1. The first-order valence-electron chi connectivity index (χ1n) is 5.93. The van der Waals surface area contributed by atoms with Crippen molar-refractivity contribution in [2.75, 3.05) is 18.9 Å². The fraction of sp³-hybridized carbons (Fsp3) is 0.538. The van der Waals surface area contributed by atoms with Gasteiger partial charge in [-0.1, -0.05) is 24.6 Å². The van der Waals surface area contributed by atoms with Gasteiger partial charge in [-0.25, -0.2) is 0 Å². The predicted molar refractivity (Wildman–Crippen MR) is 69.1 cm³/mol. The molecule has 3 nitrogen and oxygen atoms in total. The quantitative estimate of drug-likeness (QED) is 0.826. The smallest absolute Gasteiger partial charge is 0.196 e. The van der Waals surface area contributed by atoms with E-state index in [0.29, 0.717) is 23.9 Å². The summed E-state index contributed by atoms with van der Waals surface area (Å²) in [7, 11) is 0. The van der Waals surface area contributed by atoms with Gasteiger partial charge in [-0.15, -0.1) is 0 Å². The molecule has 94 valence electrons. The van der Waals surface area contributed by atoms with E-state index in [9.17, 15) is 0 Å². The zero-order valence-electron chi connectivity index (χ0n) is 10.3. The highest BCUT2D eigenvalue weighted by Crippen LogP contribution is 2.39. The molecule has 1 fully saturated rings. The van der Waals surface area contributed by atoms with Gasteiger partial charge in [0.25, 0.3) is 0 Å². The second-order valence-electron chi connectivity index (χ2n) is 4.29. The van der Waals surface area contributed by atoms with Gasteiger partial charge >= 0.3 is 0 Å². The first kappa shape index (κ1) is 12.7. The van der Waals surface area contributed by atoms with Crippen LogP contribution in [0.15, 0.2) is 12.1 Å². The van der Waals surface area contributed by atoms with Gasteiger partial charge in [0.2, 0.25) is 0 Å². The molecule has 17 heavy (non-hydrogen) atoms. The van der Waals surface area contributed by atoms with Crippen LogP contribution in [-0.4, -0.2) is 13.2 Å². The van der Waals surface area contributed by atoms with Gasteiger partial charge < -0.3 is 15.2 Å². The number of ether oxygens (including phenoxy) is 2. The van der Waals surface area contributed by atoms with Crippen LogP contribution in [0, 0.1) is 6.92 Å². The maximum absolute atomic E-state index is 6.13. The predicted octanol–water partition coefficient (Wildman–Crippen LogP) is 3.23. The van der Waals surface area contributed by atoms with E-state index in [2.05, 4.69) is 0 Å². The van der Waals surface area contributed by atoms with Gasteiger partial charge in [0.1, 0.15) is 0 Å². The van der Waals surface area contributed by atoms with Crippen molar-refractivity contribution in [3.05, 3.63) is 28.3 Å². The molecule has 1 aliphatic heterocycles. The van der Waals surface area contributed by atoms with Gasteiger partial charge in [0.15, 0.2) is 5.79 Å². The maximum atomic E-state index is 6.13. The molecule has 1 aromatic carbocycles. The van der Waals surface area contributed by atoms with Gasteiger partial charge in [-0.3, -0.25) is 0 Å². The Labute approximate surface area is 107 Å². The van der Waals surface area contributed by atoms with Crippen molar-refractivity contribution in [2.45, 2.75) is 32.5 Å². The van der Waals surface area contributed by atoms with E-state index < -0.39 is 5.79 Å². The number of benzene rings is 1. The molecule has 4 heteroatoms. The molecule has 0 amide bonds. The molecule has 1 aliphatic rings. The minimum atomic E-state index is -0.697. The summed E-state index contributed by atoms with van der Waals surface area (Å²) in [6.07, 6.45) is 1.66. The third-order valence-corrected chi connectivity index (χ3v) is 3.69. The highest BCUT2D eigenvalue weighted by molar-refractivity contribution is 6.31. The Kier molecular flexibility index (Phi) is 3.61. The number of hydrogen-bond donors (Lipinski definition) is 1. The molecule has 1 saturated heterocycles. The molecule has 0 aliphatic carbocycles. The van der Waals surface area contributed by atoms with Crippen LogP contribution >= 0.6 is 11.6 Å². The molecule has 2 N–H and O–H groups in total. The molecule has 0 saturated carbocycles.